The van der Waals surface area contributed by atoms with Gasteiger partial charge in [-0.25, -0.2) is 4.79 Å². The summed E-state index contributed by atoms with van der Waals surface area (Å²) in [6.07, 6.45) is 1.37. The van der Waals surface area contributed by atoms with Gasteiger partial charge in [-0.2, -0.15) is 0 Å². The summed E-state index contributed by atoms with van der Waals surface area (Å²) in [5, 5.41) is 2.72. The van der Waals surface area contributed by atoms with Crippen LogP contribution in [0, 0.1) is 0 Å². The van der Waals surface area contributed by atoms with E-state index in [4.69, 9.17) is 8.85 Å². The number of rotatable bonds is 6. The Bertz CT molecular complexity index is 163. The van der Waals surface area contributed by atoms with Crippen molar-refractivity contribution in [3.63, 3.8) is 0 Å². The zero-order valence-electron chi connectivity index (χ0n) is 9.20. The third-order valence-corrected chi connectivity index (χ3v) is 3.97. The lowest BCUT2D eigenvalue weighted by molar-refractivity contribution is 0.165. The molecule has 0 aromatic heterocycles. The molecule has 0 heterocycles. The predicted molar refractivity (Wildman–Crippen MR) is 55.4 cm³/mol. The molecule has 0 radical (unpaired) electrons. The number of carbonyl (C=O) groups is 1. The van der Waals surface area contributed by atoms with E-state index >= 15 is 0 Å². The molecule has 84 valence electrons. The minimum atomic E-state index is -1.81. The Morgan fingerprint density at radius 3 is 2.29 bits per heavy atom. The van der Waals surface area contributed by atoms with E-state index in [0.717, 1.165) is 12.8 Å². The van der Waals surface area contributed by atoms with Gasteiger partial charge < -0.3 is 18.9 Å². The predicted octanol–water partition coefficient (Wildman–Crippen LogP) is 0.564. The van der Waals surface area contributed by atoms with Crippen LogP contribution in [0.4, 0.5) is 4.79 Å². The van der Waals surface area contributed by atoms with Crippen molar-refractivity contribution in [3.8, 4) is 0 Å². The first kappa shape index (κ1) is 13.4. The van der Waals surface area contributed by atoms with Gasteiger partial charge in [0.05, 0.1) is 12.8 Å². The summed E-state index contributed by atoms with van der Waals surface area (Å²) in [6, 6.07) is 0. The second kappa shape index (κ2) is 7.78. The molecule has 0 saturated heterocycles. The Kier molecular flexibility index (Phi) is 7.45. The Morgan fingerprint density at radius 1 is 1.36 bits per heavy atom. The maximum absolute atomic E-state index is 11.0. The Hall–Kier alpha value is -0.593. The van der Waals surface area contributed by atoms with E-state index in [0.29, 0.717) is 0 Å². The average Bonchev–Trinajstić information content (AvgIpc) is 2.19. The fourth-order valence-electron chi connectivity index (χ4n) is 1.22. The van der Waals surface area contributed by atoms with Gasteiger partial charge in [0.1, 0.15) is 0 Å². The minimum Gasteiger partial charge on any atom is -0.453 e. The largest absolute Gasteiger partial charge is 0.453 e. The first-order valence-electron chi connectivity index (χ1n) is 4.59. The first-order chi connectivity index (χ1) is 6.69. The van der Waals surface area contributed by atoms with Crippen molar-refractivity contribution in [2.45, 2.75) is 25.4 Å². The van der Waals surface area contributed by atoms with E-state index in [1.807, 2.05) is 6.92 Å². The van der Waals surface area contributed by atoms with E-state index in [1.165, 1.54) is 7.11 Å². The van der Waals surface area contributed by atoms with Gasteiger partial charge >= 0.3 is 15.4 Å². The van der Waals surface area contributed by atoms with Crippen LogP contribution in [0.15, 0.2) is 0 Å². The molecule has 0 spiro atoms. The molecule has 1 N–H and O–H groups in total. The minimum absolute atomic E-state index is 0.0394. The van der Waals surface area contributed by atoms with Crippen molar-refractivity contribution in [1.82, 2.24) is 5.32 Å². The van der Waals surface area contributed by atoms with E-state index in [2.05, 4.69) is 10.1 Å². The van der Waals surface area contributed by atoms with Crippen molar-refractivity contribution in [2.75, 3.05) is 21.3 Å². The zero-order valence-corrected chi connectivity index (χ0v) is 10.4. The van der Waals surface area contributed by atoms with Gasteiger partial charge in [0.15, 0.2) is 0 Å². The maximum atomic E-state index is 11.0. The van der Waals surface area contributed by atoms with Gasteiger partial charge in [-0.15, -0.1) is 0 Å². The number of carbonyl (C=O) groups excluding carboxylic acids is 1. The standard InChI is InChI=1S/C8H19NO4Si/c1-5-6-7(9-8(10)11-2)14(12-3)13-4/h7,14H,5-6H2,1-4H3,(H,9,10). The van der Waals surface area contributed by atoms with Crippen molar-refractivity contribution in [3.05, 3.63) is 0 Å². The van der Waals surface area contributed by atoms with E-state index < -0.39 is 15.4 Å². The van der Waals surface area contributed by atoms with Crippen molar-refractivity contribution < 1.29 is 18.4 Å². The highest BCUT2D eigenvalue weighted by atomic mass is 28.3. The summed E-state index contributed by atoms with van der Waals surface area (Å²) < 4.78 is 14.9. The molecule has 0 saturated carbocycles. The third kappa shape index (κ3) is 4.59. The highest BCUT2D eigenvalue weighted by Gasteiger charge is 2.25. The van der Waals surface area contributed by atoms with E-state index in [9.17, 15) is 4.79 Å². The van der Waals surface area contributed by atoms with Gasteiger partial charge in [-0.05, 0) is 6.42 Å². The molecule has 0 bridgehead atoms. The average molecular weight is 221 g/mol. The molecule has 6 heteroatoms. The number of alkyl carbamates (subject to hydrolysis) is 1. The highest BCUT2D eigenvalue weighted by Crippen LogP contribution is 2.03. The lowest BCUT2D eigenvalue weighted by Gasteiger charge is -2.22. The molecule has 5 nitrogen and oxygen atoms in total. The molecule has 1 amide bonds. The van der Waals surface area contributed by atoms with Crippen LogP contribution in [0.5, 0.6) is 0 Å². The van der Waals surface area contributed by atoms with Gasteiger partial charge in [0.2, 0.25) is 0 Å². The van der Waals surface area contributed by atoms with Crippen LogP contribution in [-0.4, -0.2) is 42.4 Å². The third-order valence-electron chi connectivity index (χ3n) is 1.88. The molecule has 14 heavy (non-hydrogen) atoms. The summed E-state index contributed by atoms with van der Waals surface area (Å²) >= 11 is 0. The van der Waals surface area contributed by atoms with E-state index in [-0.39, 0.29) is 5.67 Å². The van der Waals surface area contributed by atoms with Crippen molar-refractivity contribution in [2.24, 2.45) is 0 Å². The monoisotopic (exact) mass is 221 g/mol. The number of nitrogens with one attached hydrogen (secondary N) is 1. The van der Waals surface area contributed by atoms with Gasteiger partial charge in [0.25, 0.3) is 0 Å². The molecular formula is C8H19NO4Si. The fourth-order valence-corrected chi connectivity index (χ4v) is 2.95. The van der Waals surface area contributed by atoms with Crippen molar-refractivity contribution >= 4 is 15.4 Å². The van der Waals surface area contributed by atoms with Crippen molar-refractivity contribution in [1.29, 1.82) is 0 Å². The smallest absolute Gasteiger partial charge is 0.406 e. The Morgan fingerprint density at radius 2 is 1.93 bits per heavy atom. The molecule has 0 fully saturated rings. The van der Waals surface area contributed by atoms with Gasteiger partial charge in [-0.1, -0.05) is 13.3 Å². The normalized spacial score (nSPS) is 12.6. The molecule has 1 unspecified atom stereocenters. The molecule has 0 aliphatic heterocycles. The Balaban J connectivity index is 4.17. The highest BCUT2D eigenvalue weighted by molar-refractivity contribution is 6.46. The molecule has 0 aliphatic rings. The number of hydrogen-bond acceptors (Lipinski definition) is 4. The Labute approximate surface area is 86.6 Å². The lowest BCUT2D eigenvalue weighted by Crippen LogP contribution is -2.48. The number of amides is 1. The molecule has 0 aromatic carbocycles. The number of hydrogen-bond donors (Lipinski definition) is 1. The van der Waals surface area contributed by atoms with Crippen LogP contribution in [-0.2, 0) is 13.6 Å². The first-order valence-corrected chi connectivity index (χ1v) is 6.20. The quantitative estimate of drug-likeness (QED) is 0.666. The SMILES string of the molecule is CCCC(NC(=O)OC)[SiH](OC)OC. The summed E-state index contributed by atoms with van der Waals surface area (Å²) in [7, 11) is 2.73. The van der Waals surface area contributed by atoms with Crippen LogP contribution >= 0.6 is 0 Å². The summed E-state index contributed by atoms with van der Waals surface area (Å²) in [4.78, 5) is 11.0. The van der Waals surface area contributed by atoms with Crippen LogP contribution in [0.1, 0.15) is 19.8 Å². The second-order valence-electron chi connectivity index (χ2n) is 2.87. The summed E-state index contributed by atoms with van der Waals surface area (Å²) in [5.41, 5.74) is -0.0394. The molecule has 0 rings (SSSR count). The van der Waals surface area contributed by atoms with Gasteiger partial charge in [-0.3, -0.25) is 0 Å². The summed E-state index contributed by atoms with van der Waals surface area (Å²) in [5.74, 6) is 0. The molecule has 0 aromatic rings. The van der Waals surface area contributed by atoms with Crippen LogP contribution in [0.2, 0.25) is 0 Å². The summed E-state index contributed by atoms with van der Waals surface area (Å²) in [6.45, 7) is 2.04. The second-order valence-corrected chi connectivity index (χ2v) is 5.36. The number of methoxy groups -OCH3 is 1. The maximum Gasteiger partial charge on any atom is 0.406 e. The van der Waals surface area contributed by atoms with Crippen LogP contribution in [0.3, 0.4) is 0 Å². The molecule has 1 atom stereocenters. The van der Waals surface area contributed by atoms with Crippen LogP contribution in [0.25, 0.3) is 0 Å². The zero-order chi connectivity index (χ0) is 11.0. The number of ether oxygens (including phenoxy) is 1. The molecular weight excluding hydrogens is 202 g/mol. The van der Waals surface area contributed by atoms with Crippen LogP contribution < -0.4 is 5.32 Å². The fraction of sp³-hybridized carbons (Fsp3) is 0.875. The van der Waals surface area contributed by atoms with Gasteiger partial charge in [0, 0.05) is 14.2 Å². The molecule has 0 aliphatic carbocycles. The lowest BCUT2D eigenvalue weighted by atomic mass is 10.3. The topological polar surface area (TPSA) is 56.8 Å². The van der Waals surface area contributed by atoms with E-state index in [1.54, 1.807) is 14.2 Å².